The Morgan fingerprint density at radius 2 is 2.05 bits per heavy atom. The molecule has 1 aromatic heterocycles. The molecule has 1 aromatic carbocycles. The molecule has 0 saturated carbocycles. The molecule has 21 heavy (non-hydrogen) atoms. The van der Waals surface area contributed by atoms with E-state index in [9.17, 15) is 4.79 Å². The zero-order valence-electron chi connectivity index (χ0n) is 12.1. The van der Waals surface area contributed by atoms with Crippen LogP contribution in [-0.2, 0) is 18.4 Å². The second-order valence-corrected chi connectivity index (χ2v) is 5.33. The predicted molar refractivity (Wildman–Crippen MR) is 86.1 cm³/mol. The second kappa shape index (κ2) is 7.14. The monoisotopic (exact) mass is 302 g/mol. The average Bonchev–Trinajstić information content (AvgIpc) is 2.91. The Bertz CT molecular complexity index is 606. The van der Waals surface area contributed by atoms with Crippen LogP contribution >= 0.6 is 11.6 Å². The van der Waals surface area contributed by atoms with Crippen molar-refractivity contribution in [1.82, 2.24) is 9.47 Å². The van der Waals surface area contributed by atoms with E-state index in [4.69, 9.17) is 11.6 Å². The van der Waals surface area contributed by atoms with E-state index in [-0.39, 0.29) is 5.91 Å². The maximum Gasteiger partial charge on any atom is 0.245 e. The van der Waals surface area contributed by atoms with Crippen LogP contribution in [0.15, 0.2) is 61.3 Å². The van der Waals surface area contributed by atoms with E-state index in [1.807, 2.05) is 60.3 Å². The van der Waals surface area contributed by atoms with Gasteiger partial charge in [0.25, 0.3) is 0 Å². The van der Waals surface area contributed by atoms with Crippen LogP contribution < -0.4 is 0 Å². The lowest BCUT2D eigenvalue weighted by Crippen LogP contribution is -2.33. The number of carbonyl (C=O) groups is 1. The quantitative estimate of drug-likeness (QED) is 0.592. The third-order valence-corrected chi connectivity index (χ3v) is 3.81. The lowest BCUT2D eigenvalue weighted by molar-refractivity contribution is -0.131. The van der Waals surface area contributed by atoms with Crippen molar-refractivity contribution in [1.29, 1.82) is 0 Å². The van der Waals surface area contributed by atoms with Gasteiger partial charge in [0.2, 0.25) is 5.91 Å². The van der Waals surface area contributed by atoms with Crippen LogP contribution in [0, 0.1) is 0 Å². The molecule has 0 saturated heterocycles. The van der Waals surface area contributed by atoms with Crippen molar-refractivity contribution in [2.24, 2.45) is 7.05 Å². The lowest BCUT2D eigenvalue weighted by atomic mass is 10.1. The van der Waals surface area contributed by atoms with Crippen LogP contribution in [0.5, 0.6) is 0 Å². The molecule has 3 nitrogen and oxygen atoms in total. The van der Waals surface area contributed by atoms with Gasteiger partial charge < -0.3 is 9.47 Å². The summed E-state index contributed by atoms with van der Waals surface area (Å²) in [7, 11) is 1.96. The third kappa shape index (κ3) is 3.76. The van der Waals surface area contributed by atoms with Gasteiger partial charge in [-0.3, -0.25) is 4.79 Å². The molecule has 0 bridgehead atoms. The van der Waals surface area contributed by atoms with Crippen LogP contribution in [0.1, 0.15) is 16.6 Å². The molecule has 4 heteroatoms. The third-order valence-electron chi connectivity index (χ3n) is 3.37. The fourth-order valence-corrected chi connectivity index (χ4v) is 2.45. The van der Waals surface area contributed by atoms with E-state index in [1.165, 1.54) is 0 Å². The standard InChI is InChI=1S/C17H19ClN2O/c1-3-11-20(13-15-10-7-12-19(15)2)17(21)16(18)14-8-5-4-6-9-14/h3-10,12,16H,1,11,13H2,2H3/t16-/m1/s1. The van der Waals surface area contributed by atoms with Gasteiger partial charge in [0.05, 0.1) is 6.54 Å². The maximum absolute atomic E-state index is 12.6. The largest absolute Gasteiger partial charge is 0.353 e. The van der Waals surface area contributed by atoms with Crippen molar-refractivity contribution in [2.45, 2.75) is 11.9 Å². The van der Waals surface area contributed by atoms with Gasteiger partial charge >= 0.3 is 0 Å². The number of aryl methyl sites for hydroxylation is 1. The fraction of sp³-hybridized carbons (Fsp3) is 0.235. The average molecular weight is 303 g/mol. The number of hydrogen-bond acceptors (Lipinski definition) is 1. The van der Waals surface area contributed by atoms with E-state index in [1.54, 1.807) is 11.0 Å². The van der Waals surface area contributed by atoms with Crippen molar-refractivity contribution >= 4 is 17.5 Å². The molecule has 0 aliphatic carbocycles. The SMILES string of the molecule is C=CCN(Cc1cccn1C)C(=O)[C@H](Cl)c1ccccc1. The minimum Gasteiger partial charge on any atom is -0.353 e. The molecule has 0 radical (unpaired) electrons. The zero-order chi connectivity index (χ0) is 15.2. The fourth-order valence-electron chi connectivity index (χ4n) is 2.17. The molecular weight excluding hydrogens is 284 g/mol. The van der Waals surface area contributed by atoms with Crippen LogP contribution in [0.25, 0.3) is 0 Å². The van der Waals surface area contributed by atoms with Gasteiger partial charge in [-0.15, -0.1) is 18.2 Å². The van der Waals surface area contributed by atoms with Crippen molar-refractivity contribution in [3.8, 4) is 0 Å². The van der Waals surface area contributed by atoms with Gasteiger partial charge in [0.15, 0.2) is 0 Å². The first kappa shape index (κ1) is 15.4. The topological polar surface area (TPSA) is 25.2 Å². The summed E-state index contributed by atoms with van der Waals surface area (Å²) < 4.78 is 2.00. The first-order valence-electron chi connectivity index (χ1n) is 6.82. The summed E-state index contributed by atoms with van der Waals surface area (Å²) in [6.45, 7) is 4.71. The number of nitrogens with zero attached hydrogens (tertiary/aromatic N) is 2. The van der Waals surface area contributed by atoms with Crippen LogP contribution in [0.3, 0.4) is 0 Å². The lowest BCUT2D eigenvalue weighted by Gasteiger charge is -2.24. The molecule has 0 aliphatic heterocycles. The molecular formula is C17H19ClN2O. The number of alkyl halides is 1. The number of aromatic nitrogens is 1. The van der Waals surface area contributed by atoms with E-state index in [0.29, 0.717) is 13.1 Å². The van der Waals surface area contributed by atoms with E-state index < -0.39 is 5.38 Å². The minimum atomic E-state index is -0.675. The van der Waals surface area contributed by atoms with E-state index in [2.05, 4.69) is 6.58 Å². The van der Waals surface area contributed by atoms with E-state index in [0.717, 1.165) is 11.3 Å². The highest BCUT2D eigenvalue weighted by Gasteiger charge is 2.23. The summed E-state index contributed by atoms with van der Waals surface area (Å²) in [5.41, 5.74) is 1.87. The number of rotatable bonds is 6. The van der Waals surface area contributed by atoms with Gasteiger partial charge in [0, 0.05) is 25.5 Å². The molecule has 1 atom stereocenters. The number of benzene rings is 1. The summed E-state index contributed by atoms with van der Waals surface area (Å²) in [4.78, 5) is 14.3. The molecule has 0 unspecified atom stereocenters. The Hall–Kier alpha value is -2.00. The molecule has 0 fully saturated rings. The molecule has 0 N–H and O–H groups in total. The summed E-state index contributed by atoms with van der Waals surface area (Å²) in [5.74, 6) is -0.107. The molecule has 2 aromatic rings. The van der Waals surface area contributed by atoms with Gasteiger partial charge in [-0.25, -0.2) is 0 Å². The highest BCUT2D eigenvalue weighted by atomic mass is 35.5. The van der Waals surface area contributed by atoms with Gasteiger partial charge in [-0.05, 0) is 17.7 Å². The van der Waals surface area contributed by atoms with Gasteiger partial charge in [-0.2, -0.15) is 0 Å². The normalized spacial score (nSPS) is 11.9. The van der Waals surface area contributed by atoms with E-state index >= 15 is 0 Å². The molecule has 2 rings (SSSR count). The Morgan fingerprint density at radius 1 is 1.33 bits per heavy atom. The number of halogens is 1. The highest BCUT2D eigenvalue weighted by molar-refractivity contribution is 6.30. The second-order valence-electron chi connectivity index (χ2n) is 4.89. The van der Waals surface area contributed by atoms with Crippen LogP contribution in [0.4, 0.5) is 0 Å². The number of amides is 1. The number of carbonyl (C=O) groups excluding carboxylic acids is 1. The minimum absolute atomic E-state index is 0.107. The smallest absolute Gasteiger partial charge is 0.245 e. The molecule has 0 aliphatic rings. The van der Waals surface area contributed by atoms with Crippen molar-refractivity contribution < 1.29 is 4.79 Å². The van der Waals surface area contributed by atoms with Crippen molar-refractivity contribution in [3.05, 3.63) is 72.6 Å². The van der Waals surface area contributed by atoms with Gasteiger partial charge in [-0.1, -0.05) is 36.4 Å². The van der Waals surface area contributed by atoms with Crippen LogP contribution in [-0.4, -0.2) is 21.9 Å². The first-order valence-corrected chi connectivity index (χ1v) is 7.26. The first-order chi connectivity index (χ1) is 10.1. The molecule has 0 spiro atoms. The number of hydrogen-bond donors (Lipinski definition) is 0. The Labute approximate surface area is 130 Å². The predicted octanol–water partition coefficient (Wildman–Crippen LogP) is 3.52. The van der Waals surface area contributed by atoms with Crippen molar-refractivity contribution in [3.63, 3.8) is 0 Å². The summed E-state index contributed by atoms with van der Waals surface area (Å²) >= 11 is 6.33. The van der Waals surface area contributed by atoms with Crippen molar-refractivity contribution in [2.75, 3.05) is 6.54 Å². The van der Waals surface area contributed by atoms with Crippen LogP contribution in [0.2, 0.25) is 0 Å². The summed E-state index contributed by atoms with van der Waals surface area (Å²) in [6.07, 6.45) is 3.68. The molecule has 110 valence electrons. The molecule has 1 heterocycles. The summed E-state index contributed by atoms with van der Waals surface area (Å²) in [6, 6.07) is 13.4. The zero-order valence-corrected chi connectivity index (χ0v) is 12.8. The summed E-state index contributed by atoms with van der Waals surface area (Å²) in [5, 5.41) is -0.675. The Kier molecular flexibility index (Phi) is 5.23. The highest BCUT2D eigenvalue weighted by Crippen LogP contribution is 2.23. The maximum atomic E-state index is 12.6. The molecule has 1 amide bonds. The van der Waals surface area contributed by atoms with Gasteiger partial charge in [0.1, 0.15) is 5.38 Å². The Balaban J connectivity index is 2.15. The Morgan fingerprint density at radius 3 is 2.62 bits per heavy atom.